The zero-order valence-corrected chi connectivity index (χ0v) is 17.2. The molecule has 1 atom stereocenters. The number of oxazole rings is 1. The highest BCUT2D eigenvalue weighted by Gasteiger charge is 2.22. The maximum absolute atomic E-state index is 13.8. The maximum atomic E-state index is 13.8. The van der Waals surface area contributed by atoms with E-state index in [4.69, 9.17) is 4.42 Å². The van der Waals surface area contributed by atoms with Crippen LogP contribution in [-0.4, -0.2) is 64.6 Å². The van der Waals surface area contributed by atoms with Gasteiger partial charge in [0.1, 0.15) is 12.1 Å². The van der Waals surface area contributed by atoms with Gasteiger partial charge in [-0.2, -0.15) is 0 Å². The van der Waals surface area contributed by atoms with Crippen LogP contribution in [0.3, 0.4) is 0 Å². The first kappa shape index (κ1) is 21.4. The van der Waals surface area contributed by atoms with Crippen LogP contribution in [0.5, 0.6) is 0 Å². The quantitative estimate of drug-likeness (QED) is 0.738. The number of β-amino-alcohol motifs (C(OH)–C–C–N with tert-alkyl or cyclic N) is 1. The molecule has 0 bridgehead atoms. The van der Waals surface area contributed by atoms with Gasteiger partial charge in [-0.3, -0.25) is 14.6 Å². The molecule has 0 radical (unpaired) electrons. The smallest absolute Gasteiger partial charge is 0.277 e. The Labute approximate surface area is 170 Å². The third-order valence-electron chi connectivity index (χ3n) is 5.19. The molecule has 3 rings (SSSR count). The van der Waals surface area contributed by atoms with E-state index in [1.807, 2.05) is 20.8 Å². The molecule has 1 aliphatic heterocycles. The molecule has 1 aliphatic rings. The lowest BCUT2D eigenvalue weighted by molar-refractivity contribution is 0.0463. The fourth-order valence-corrected chi connectivity index (χ4v) is 3.21. The lowest BCUT2D eigenvalue weighted by atomic mass is 10.1. The van der Waals surface area contributed by atoms with E-state index in [2.05, 4.69) is 20.1 Å². The number of piperazine rings is 1. The van der Waals surface area contributed by atoms with E-state index in [9.17, 15) is 14.3 Å². The summed E-state index contributed by atoms with van der Waals surface area (Å²) in [6.07, 6.45) is 0.987. The Kier molecular flexibility index (Phi) is 7.00. The lowest BCUT2D eigenvalue weighted by Gasteiger charge is -2.35. The van der Waals surface area contributed by atoms with E-state index in [0.717, 1.165) is 31.7 Å². The van der Waals surface area contributed by atoms with Gasteiger partial charge in [0, 0.05) is 32.7 Å². The van der Waals surface area contributed by atoms with Crippen molar-refractivity contribution in [2.75, 3.05) is 38.0 Å². The van der Waals surface area contributed by atoms with E-state index in [0.29, 0.717) is 19.0 Å². The Bertz CT molecular complexity index is 831. The van der Waals surface area contributed by atoms with Gasteiger partial charge < -0.3 is 14.8 Å². The number of benzene rings is 1. The molecule has 2 aromatic rings. The van der Waals surface area contributed by atoms with Crippen molar-refractivity contribution >= 4 is 11.6 Å². The number of aliphatic hydroxyl groups excluding tert-OH is 1. The highest BCUT2D eigenvalue weighted by atomic mass is 19.1. The second-order valence-electron chi connectivity index (χ2n) is 7.95. The van der Waals surface area contributed by atoms with E-state index in [1.54, 1.807) is 12.1 Å². The number of nitrogens with zero attached hydrogens (tertiary/aromatic N) is 3. The van der Waals surface area contributed by atoms with Crippen molar-refractivity contribution in [3.05, 3.63) is 47.4 Å². The Morgan fingerprint density at radius 2 is 1.97 bits per heavy atom. The fraction of sp³-hybridized carbons (Fsp3) is 0.524. The number of nitrogens with one attached hydrogen (secondary N) is 1. The van der Waals surface area contributed by atoms with Gasteiger partial charge in [0.05, 0.1) is 18.3 Å². The zero-order valence-electron chi connectivity index (χ0n) is 17.2. The first-order chi connectivity index (χ1) is 13.8. The normalized spacial score (nSPS) is 16.9. The number of anilines is 1. The number of aliphatic hydroxyl groups is 1. The zero-order chi connectivity index (χ0) is 21.0. The van der Waals surface area contributed by atoms with Gasteiger partial charge in [0.2, 0.25) is 5.89 Å². The minimum Gasteiger partial charge on any atom is -0.447 e. The summed E-state index contributed by atoms with van der Waals surface area (Å²) in [5.74, 6) is -0.293. The van der Waals surface area contributed by atoms with E-state index >= 15 is 0 Å². The van der Waals surface area contributed by atoms with Crippen LogP contribution < -0.4 is 5.32 Å². The third-order valence-corrected chi connectivity index (χ3v) is 5.19. The van der Waals surface area contributed by atoms with Crippen molar-refractivity contribution in [2.24, 2.45) is 5.92 Å². The average Bonchev–Trinajstić information content (AvgIpc) is 3.15. The minimum absolute atomic E-state index is 0.124. The summed E-state index contributed by atoms with van der Waals surface area (Å²) in [5, 5.41) is 12.6. The molecule has 1 fully saturated rings. The van der Waals surface area contributed by atoms with Gasteiger partial charge in [-0.1, -0.05) is 19.9 Å². The predicted octanol–water partition coefficient (Wildman–Crippen LogP) is 2.51. The van der Waals surface area contributed by atoms with Crippen LogP contribution in [0.25, 0.3) is 0 Å². The van der Waals surface area contributed by atoms with Gasteiger partial charge in [-0.25, -0.2) is 9.37 Å². The first-order valence-corrected chi connectivity index (χ1v) is 9.96. The number of halogens is 1. The molecule has 8 heteroatoms. The molecule has 0 aliphatic carbocycles. The van der Waals surface area contributed by atoms with Crippen molar-refractivity contribution in [3.8, 4) is 0 Å². The molecule has 0 spiro atoms. The summed E-state index contributed by atoms with van der Waals surface area (Å²) >= 11 is 0. The molecule has 1 aromatic heterocycles. The summed E-state index contributed by atoms with van der Waals surface area (Å²) in [4.78, 5) is 21.0. The van der Waals surface area contributed by atoms with Crippen molar-refractivity contribution in [2.45, 2.75) is 33.4 Å². The summed E-state index contributed by atoms with van der Waals surface area (Å²) in [5.41, 5.74) is 1.10. The van der Waals surface area contributed by atoms with Crippen molar-refractivity contribution in [3.63, 3.8) is 0 Å². The SMILES string of the molecule is Cc1ccc(F)c(NC(=O)c2coc(CN3CCN(C[C@@H](O)C(C)C)CC3)n2)c1. The predicted molar refractivity (Wildman–Crippen MR) is 108 cm³/mol. The summed E-state index contributed by atoms with van der Waals surface area (Å²) in [7, 11) is 0. The van der Waals surface area contributed by atoms with E-state index in [1.165, 1.54) is 12.3 Å². The Hall–Kier alpha value is -2.29. The number of aryl methyl sites for hydroxylation is 1. The van der Waals surface area contributed by atoms with E-state index in [-0.39, 0.29) is 23.4 Å². The van der Waals surface area contributed by atoms with Crippen molar-refractivity contribution < 1.29 is 18.7 Å². The van der Waals surface area contributed by atoms with Crippen LogP contribution >= 0.6 is 0 Å². The molecule has 1 amide bonds. The molecule has 2 heterocycles. The number of rotatable bonds is 7. The largest absolute Gasteiger partial charge is 0.447 e. The molecule has 29 heavy (non-hydrogen) atoms. The highest BCUT2D eigenvalue weighted by Crippen LogP contribution is 2.17. The second-order valence-corrected chi connectivity index (χ2v) is 7.95. The van der Waals surface area contributed by atoms with E-state index < -0.39 is 11.7 Å². The molecule has 1 saturated heterocycles. The van der Waals surface area contributed by atoms with Crippen LogP contribution in [0.15, 0.2) is 28.9 Å². The molecule has 7 nitrogen and oxygen atoms in total. The van der Waals surface area contributed by atoms with Gasteiger partial charge in [0.25, 0.3) is 5.91 Å². The van der Waals surface area contributed by atoms with Crippen LogP contribution in [0.2, 0.25) is 0 Å². The van der Waals surface area contributed by atoms with Crippen LogP contribution in [0, 0.1) is 18.7 Å². The maximum Gasteiger partial charge on any atom is 0.277 e. The van der Waals surface area contributed by atoms with Gasteiger partial charge in [-0.05, 0) is 30.5 Å². The minimum atomic E-state index is -0.503. The number of carbonyl (C=O) groups excluding carboxylic acids is 1. The summed E-state index contributed by atoms with van der Waals surface area (Å²) in [6, 6.07) is 4.53. The third kappa shape index (κ3) is 5.85. The molecular formula is C21H29FN4O3. The van der Waals surface area contributed by atoms with Crippen molar-refractivity contribution in [1.29, 1.82) is 0 Å². The number of aromatic nitrogens is 1. The van der Waals surface area contributed by atoms with Gasteiger partial charge >= 0.3 is 0 Å². The number of hydrogen-bond donors (Lipinski definition) is 2. The number of amides is 1. The van der Waals surface area contributed by atoms with Crippen LogP contribution in [-0.2, 0) is 6.54 Å². The summed E-state index contributed by atoms with van der Waals surface area (Å²) in [6.45, 7) is 10.5. The highest BCUT2D eigenvalue weighted by molar-refractivity contribution is 6.02. The molecule has 1 aromatic carbocycles. The molecular weight excluding hydrogens is 375 g/mol. The lowest BCUT2D eigenvalue weighted by Crippen LogP contribution is -2.48. The number of hydrogen-bond acceptors (Lipinski definition) is 6. The summed E-state index contributed by atoms with van der Waals surface area (Å²) < 4.78 is 19.3. The molecule has 0 saturated carbocycles. The van der Waals surface area contributed by atoms with Crippen LogP contribution in [0.4, 0.5) is 10.1 Å². The average molecular weight is 404 g/mol. The Balaban J connectivity index is 1.50. The monoisotopic (exact) mass is 404 g/mol. The Morgan fingerprint density at radius 1 is 1.28 bits per heavy atom. The number of carbonyl (C=O) groups is 1. The van der Waals surface area contributed by atoms with Gasteiger partial charge in [0.15, 0.2) is 5.69 Å². The molecule has 2 N–H and O–H groups in total. The first-order valence-electron chi connectivity index (χ1n) is 9.96. The van der Waals surface area contributed by atoms with Crippen LogP contribution in [0.1, 0.15) is 35.8 Å². The second kappa shape index (κ2) is 9.47. The topological polar surface area (TPSA) is 81.8 Å². The van der Waals surface area contributed by atoms with Gasteiger partial charge in [-0.15, -0.1) is 0 Å². The molecule has 158 valence electrons. The van der Waals surface area contributed by atoms with Crippen molar-refractivity contribution in [1.82, 2.24) is 14.8 Å². The Morgan fingerprint density at radius 3 is 2.66 bits per heavy atom. The fourth-order valence-electron chi connectivity index (χ4n) is 3.21. The molecule has 0 unspecified atom stereocenters. The standard InChI is InChI=1S/C21H29FN4O3/c1-14(2)19(27)11-25-6-8-26(9-7-25)12-20-23-18(13-29-20)21(28)24-17-10-15(3)4-5-16(17)22/h4-5,10,13-14,19,27H,6-9,11-12H2,1-3H3,(H,24,28)/t19-/m1/s1.